The molecular weight excluding hydrogens is 399 g/mol. The fraction of sp³-hybridized carbons (Fsp3) is 0.583. The average molecular weight is 435 g/mol. The molecule has 166 valence electrons. The van der Waals surface area contributed by atoms with Crippen molar-refractivity contribution in [2.45, 2.75) is 39.5 Å². The number of anilines is 1. The lowest BCUT2D eigenvalue weighted by Gasteiger charge is -2.46. The molecule has 1 heterocycles. The van der Waals surface area contributed by atoms with Gasteiger partial charge in [0, 0.05) is 42.8 Å². The van der Waals surface area contributed by atoms with E-state index in [-0.39, 0.29) is 11.2 Å². The highest BCUT2D eigenvalue weighted by Gasteiger charge is 2.42. The molecule has 0 aromatic heterocycles. The second-order valence-electron chi connectivity index (χ2n) is 8.30. The molecule has 1 N–H and O–H groups in total. The second kappa shape index (κ2) is 11.3. The van der Waals surface area contributed by atoms with Crippen LogP contribution in [0.3, 0.4) is 0 Å². The summed E-state index contributed by atoms with van der Waals surface area (Å²) in [6.07, 6.45) is 6.83. The van der Waals surface area contributed by atoms with Crippen molar-refractivity contribution in [2.24, 2.45) is 5.41 Å². The fourth-order valence-electron chi connectivity index (χ4n) is 4.20. The van der Waals surface area contributed by atoms with Crippen LogP contribution in [0.5, 0.6) is 0 Å². The number of nitrogens with zero attached hydrogens (tertiary/aromatic N) is 1. The van der Waals surface area contributed by atoms with Crippen LogP contribution in [0.25, 0.3) is 0 Å². The van der Waals surface area contributed by atoms with Crippen LogP contribution in [-0.2, 0) is 9.47 Å². The largest absolute Gasteiger partial charge is 0.382 e. The summed E-state index contributed by atoms with van der Waals surface area (Å²) >= 11 is 1.98. The number of methoxy groups -OCH3 is 1. The summed E-state index contributed by atoms with van der Waals surface area (Å²) in [5, 5.41) is 3.49. The molecular formula is C24H35FN2O2S. The van der Waals surface area contributed by atoms with Gasteiger partial charge in [0.25, 0.3) is 0 Å². The van der Waals surface area contributed by atoms with Crippen molar-refractivity contribution >= 4 is 17.6 Å². The lowest BCUT2D eigenvalue weighted by molar-refractivity contribution is 0.0151. The Balaban J connectivity index is 1.75. The molecule has 1 fully saturated rings. The molecule has 1 atom stereocenters. The van der Waals surface area contributed by atoms with E-state index in [4.69, 9.17) is 9.47 Å². The number of unbranched alkanes of at least 4 members (excludes halogenated alkanes) is 1. The first-order valence-electron chi connectivity index (χ1n) is 10.9. The maximum absolute atomic E-state index is 13.3. The zero-order valence-corrected chi connectivity index (χ0v) is 19.3. The third kappa shape index (κ3) is 6.10. The standard InChI is InChI=1S/C24H35FN2O2S/c1-4-5-14-30-27-11-10-20-15-23(26-22-8-6-21(25)7-9-22)19(2)16-24(20,17-27)18-29-13-12-28-3/h6-9,15,26H,4-5,10-14,16-18H2,1-3H3. The fourth-order valence-corrected chi connectivity index (χ4v) is 5.44. The highest BCUT2D eigenvalue weighted by Crippen LogP contribution is 2.46. The van der Waals surface area contributed by atoms with E-state index in [1.807, 2.05) is 11.9 Å². The first-order chi connectivity index (χ1) is 14.6. The number of piperidine rings is 1. The van der Waals surface area contributed by atoms with Gasteiger partial charge >= 0.3 is 0 Å². The minimum absolute atomic E-state index is 0.0171. The summed E-state index contributed by atoms with van der Waals surface area (Å²) in [4.78, 5) is 0. The van der Waals surface area contributed by atoms with Crippen LogP contribution in [0.1, 0.15) is 39.5 Å². The Morgan fingerprint density at radius 2 is 2.03 bits per heavy atom. The molecule has 0 bridgehead atoms. The Hall–Kier alpha value is -1.34. The smallest absolute Gasteiger partial charge is 0.123 e. The van der Waals surface area contributed by atoms with Gasteiger partial charge in [0.15, 0.2) is 0 Å². The second-order valence-corrected chi connectivity index (χ2v) is 9.48. The van der Waals surface area contributed by atoms with E-state index in [1.54, 1.807) is 19.2 Å². The molecule has 1 unspecified atom stereocenters. The van der Waals surface area contributed by atoms with Gasteiger partial charge in [-0.3, -0.25) is 0 Å². The molecule has 30 heavy (non-hydrogen) atoms. The summed E-state index contributed by atoms with van der Waals surface area (Å²) in [6.45, 7) is 8.49. The van der Waals surface area contributed by atoms with Crippen LogP contribution in [0, 0.1) is 11.2 Å². The van der Waals surface area contributed by atoms with Gasteiger partial charge in [0.2, 0.25) is 0 Å². The van der Waals surface area contributed by atoms with Crippen molar-refractivity contribution in [1.29, 1.82) is 0 Å². The summed E-state index contributed by atoms with van der Waals surface area (Å²) in [5.41, 5.74) is 4.85. The number of hydrogen-bond donors (Lipinski definition) is 1. The van der Waals surface area contributed by atoms with E-state index < -0.39 is 0 Å². The molecule has 1 aromatic rings. The Labute approximate surface area is 185 Å². The third-order valence-corrected chi connectivity index (χ3v) is 7.03. The number of fused-ring (bicyclic) bond motifs is 1. The van der Waals surface area contributed by atoms with Crippen molar-refractivity contribution in [3.8, 4) is 0 Å². The minimum atomic E-state index is -0.214. The summed E-state index contributed by atoms with van der Waals surface area (Å²) in [6, 6.07) is 6.57. The Kier molecular flexibility index (Phi) is 8.81. The van der Waals surface area contributed by atoms with E-state index in [2.05, 4.69) is 29.5 Å². The van der Waals surface area contributed by atoms with Crippen LogP contribution >= 0.6 is 11.9 Å². The maximum atomic E-state index is 13.3. The van der Waals surface area contributed by atoms with Gasteiger partial charge in [-0.1, -0.05) is 30.9 Å². The number of nitrogens with one attached hydrogen (secondary N) is 1. The molecule has 0 spiro atoms. The number of hydrogen-bond acceptors (Lipinski definition) is 5. The average Bonchev–Trinajstić information content (AvgIpc) is 2.74. The summed E-state index contributed by atoms with van der Waals surface area (Å²) < 4.78 is 27.0. The van der Waals surface area contributed by atoms with Crippen molar-refractivity contribution < 1.29 is 13.9 Å². The van der Waals surface area contributed by atoms with Crippen LogP contribution in [0.15, 0.2) is 47.2 Å². The normalized spacial score (nSPS) is 22.1. The van der Waals surface area contributed by atoms with Gasteiger partial charge in [0.1, 0.15) is 5.82 Å². The summed E-state index contributed by atoms with van der Waals surface area (Å²) in [5.74, 6) is 0.968. The van der Waals surface area contributed by atoms with Crippen LogP contribution in [-0.4, -0.2) is 50.1 Å². The highest BCUT2D eigenvalue weighted by atomic mass is 32.2. The van der Waals surface area contributed by atoms with Crippen molar-refractivity contribution in [3.63, 3.8) is 0 Å². The molecule has 0 radical (unpaired) electrons. The maximum Gasteiger partial charge on any atom is 0.123 e. The SMILES string of the molecule is CCCCSN1CCC2=CC(Nc3ccc(F)cc3)=C(C)CC2(COCCOC)C1. The van der Waals surface area contributed by atoms with Gasteiger partial charge in [0.05, 0.1) is 19.8 Å². The highest BCUT2D eigenvalue weighted by molar-refractivity contribution is 7.97. The van der Waals surface area contributed by atoms with Gasteiger partial charge in [-0.2, -0.15) is 0 Å². The lowest BCUT2D eigenvalue weighted by atomic mass is 9.69. The van der Waals surface area contributed by atoms with E-state index in [0.29, 0.717) is 19.8 Å². The monoisotopic (exact) mass is 434 g/mol. The van der Waals surface area contributed by atoms with Crippen molar-refractivity contribution in [3.05, 3.63) is 53.0 Å². The van der Waals surface area contributed by atoms with Crippen LogP contribution < -0.4 is 5.32 Å². The first-order valence-corrected chi connectivity index (χ1v) is 11.9. The quantitative estimate of drug-likeness (QED) is 0.360. The molecule has 1 saturated heterocycles. The Bertz CT molecular complexity index is 750. The number of rotatable bonds is 11. The predicted octanol–water partition coefficient (Wildman–Crippen LogP) is 5.65. The number of allylic oxidation sites excluding steroid dienone is 2. The van der Waals surface area contributed by atoms with Crippen molar-refractivity contribution in [2.75, 3.05) is 51.1 Å². The molecule has 3 rings (SSSR count). The van der Waals surface area contributed by atoms with Crippen LogP contribution in [0.2, 0.25) is 0 Å². The van der Waals surface area contributed by atoms with Gasteiger partial charge in [-0.15, -0.1) is 0 Å². The summed E-state index contributed by atoms with van der Waals surface area (Å²) in [7, 11) is 1.71. The topological polar surface area (TPSA) is 33.7 Å². The van der Waals surface area contributed by atoms with Gasteiger partial charge in [-0.05, 0) is 62.1 Å². The number of ether oxygens (including phenoxy) is 2. The molecule has 0 saturated carbocycles. The zero-order valence-electron chi connectivity index (χ0n) is 18.5. The van der Waals surface area contributed by atoms with Gasteiger partial charge < -0.3 is 14.8 Å². The van der Waals surface area contributed by atoms with E-state index in [9.17, 15) is 4.39 Å². The Morgan fingerprint density at radius 1 is 1.23 bits per heavy atom. The number of benzene rings is 1. The molecule has 0 amide bonds. The van der Waals surface area contributed by atoms with Gasteiger partial charge in [-0.25, -0.2) is 8.70 Å². The molecule has 1 aliphatic heterocycles. The van der Waals surface area contributed by atoms with E-state index >= 15 is 0 Å². The van der Waals surface area contributed by atoms with Crippen molar-refractivity contribution in [1.82, 2.24) is 4.31 Å². The minimum Gasteiger partial charge on any atom is -0.382 e. The third-order valence-electron chi connectivity index (χ3n) is 5.88. The lowest BCUT2D eigenvalue weighted by Crippen LogP contribution is -2.46. The molecule has 1 aliphatic carbocycles. The predicted molar refractivity (Wildman–Crippen MR) is 124 cm³/mol. The Morgan fingerprint density at radius 3 is 2.77 bits per heavy atom. The molecule has 6 heteroatoms. The first kappa shape index (κ1) is 23.3. The van der Waals surface area contributed by atoms with Crippen LogP contribution in [0.4, 0.5) is 10.1 Å². The number of halogens is 1. The van der Waals surface area contributed by atoms with E-state index in [0.717, 1.165) is 37.3 Å². The van der Waals surface area contributed by atoms with E-state index in [1.165, 1.54) is 41.9 Å². The molecule has 2 aliphatic rings. The molecule has 1 aromatic carbocycles. The zero-order chi connectivity index (χ0) is 21.4. The molecule has 4 nitrogen and oxygen atoms in total.